The third-order valence-corrected chi connectivity index (χ3v) is 5.30. The molecule has 2 aromatic carbocycles. The largest absolute Gasteiger partial charge is 0.497 e. The normalized spacial score (nSPS) is 15.9. The molecular weight excluding hydrogens is 336 g/mol. The highest BCUT2D eigenvalue weighted by Crippen LogP contribution is 2.36. The number of aromatic nitrogens is 1. The van der Waals surface area contributed by atoms with Crippen molar-refractivity contribution in [2.24, 2.45) is 0 Å². The van der Waals surface area contributed by atoms with Crippen molar-refractivity contribution < 1.29 is 9.53 Å². The summed E-state index contributed by atoms with van der Waals surface area (Å²) in [5.41, 5.74) is 5.58. The first kappa shape index (κ1) is 17.3. The molecule has 0 spiro atoms. The molecule has 4 rings (SSSR count). The molecule has 0 aliphatic carbocycles. The van der Waals surface area contributed by atoms with Gasteiger partial charge in [-0.1, -0.05) is 30.3 Å². The number of pyridine rings is 1. The van der Waals surface area contributed by atoms with Crippen LogP contribution in [0, 0.1) is 0 Å². The van der Waals surface area contributed by atoms with Crippen LogP contribution >= 0.6 is 0 Å². The zero-order chi connectivity index (χ0) is 18.8. The third kappa shape index (κ3) is 3.19. The monoisotopic (exact) mass is 358 g/mol. The lowest BCUT2D eigenvalue weighted by atomic mass is 9.87. The van der Waals surface area contributed by atoms with E-state index in [4.69, 9.17) is 4.74 Å². The number of nitrogens with zero attached hydrogens (tertiary/aromatic N) is 2. The minimum absolute atomic E-state index is 0.0275. The maximum atomic E-state index is 12.9. The van der Waals surface area contributed by atoms with Crippen LogP contribution in [0.25, 0.3) is 11.1 Å². The topological polar surface area (TPSA) is 42.4 Å². The number of rotatable bonds is 3. The van der Waals surface area contributed by atoms with Crippen LogP contribution in [0.1, 0.15) is 34.5 Å². The smallest absolute Gasteiger partial charge is 0.255 e. The summed E-state index contributed by atoms with van der Waals surface area (Å²) in [6.07, 6.45) is 4.17. The molecule has 0 saturated heterocycles. The molecular formula is C23H22N2O2. The summed E-state index contributed by atoms with van der Waals surface area (Å²) in [7, 11) is 1.68. The Balaban J connectivity index is 1.67. The van der Waals surface area contributed by atoms with E-state index in [0.29, 0.717) is 12.1 Å². The number of hydrogen-bond acceptors (Lipinski definition) is 3. The minimum atomic E-state index is 0.0275. The Hall–Kier alpha value is -3.14. The number of carbonyl (C=O) groups is 1. The van der Waals surface area contributed by atoms with Crippen molar-refractivity contribution in [1.82, 2.24) is 9.88 Å². The Morgan fingerprint density at radius 1 is 1.11 bits per heavy atom. The van der Waals surface area contributed by atoms with E-state index in [1.165, 1.54) is 22.3 Å². The maximum absolute atomic E-state index is 12.9. The van der Waals surface area contributed by atoms with Gasteiger partial charge in [-0.3, -0.25) is 9.78 Å². The minimum Gasteiger partial charge on any atom is -0.497 e. The fourth-order valence-corrected chi connectivity index (χ4v) is 3.84. The lowest BCUT2D eigenvalue weighted by Crippen LogP contribution is -2.39. The second-order valence-corrected chi connectivity index (χ2v) is 6.77. The van der Waals surface area contributed by atoms with Crippen LogP contribution in [0.5, 0.6) is 5.75 Å². The fourth-order valence-electron chi connectivity index (χ4n) is 3.84. The van der Waals surface area contributed by atoms with Gasteiger partial charge in [-0.15, -0.1) is 0 Å². The van der Waals surface area contributed by atoms with Crippen LogP contribution in [-0.2, 0) is 6.42 Å². The summed E-state index contributed by atoms with van der Waals surface area (Å²) < 4.78 is 5.27. The van der Waals surface area contributed by atoms with Crippen LogP contribution < -0.4 is 4.74 Å². The molecule has 0 unspecified atom stereocenters. The lowest BCUT2D eigenvalue weighted by Gasteiger charge is -2.36. The average molecular weight is 358 g/mol. The standard InChI is InChI=1S/C23H22N2O2/c1-16-20-6-3-7-21(17-8-10-19(27-2)11-9-17)22(20)12-14-25(16)23(26)18-5-4-13-24-15-18/h3-11,13,15-16H,12,14H2,1-2H3/t16-/m1/s1. The number of methoxy groups -OCH3 is 1. The molecule has 4 nitrogen and oxygen atoms in total. The molecule has 2 heterocycles. The quantitative estimate of drug-likeness (QED) is 0.691. The highest BCUT2D eigenvalue weighted by atomic mass is 16.5. The van der Waals surface area contributed by atoms with E-state index in [-0.39, 0.29) is 11.9 Å². The zero-order valence-electron chi connectivity index (χ0n) is 15.6. The number of carbonyl (C=O) groups excluding carboxylic acids is 1. The van der Waals surface area contributed by atoms with Gasteiger partial charge in [-0.2, -0.15) is 0 Å². The van der Waals surface area contributed by atoms with Crippen molar-refractivity contribution in [3.05, 3.63) is 83.7 Å². The van der Waals surface area contributed by atoms with E-state index in [0.717, 1.165) is 12.2 Å². The molecule has 136 valence electrons. The molecule has 1 aliphatic heterocycles. The van der Waals surface area contributed by atoms with Gasteiger partial charge in [0.1, 0.15) is 5.75 Å². The molecule has 0 radical (unpaired) electrons. The van der Waals surface area contributed by atoms with Crippen molar-refractivity contribution in [2.45, 2.75) is 19.4 Å². The van der Waals surface area contributed by atoms with Gasteiger partial charge in [0.25, 0.3) is 5.91 Å². The van der Waals surface area contributed by atoms with Gasteiger partial charge in [0.2, 0.25) is 0 Å². The van der Waals surface area contributed by atoms with Gasteiger partial charge in [0, 0.05) is 18.9 Å². The van der Waals surface area contributed by atoms with Gasteiger partial charge in [0.05, 0.1) is 18.7 Å². The zero-order valence-corrected chi connectivity index (χ0v) is 15.6. The number of amides is 1. The van der Waals surface area contributed by atoms with Crippen LogP contribution in [-0.4, -0.2) is 29.4 Å². The molecule has 3 aromatic rings. The first-order chi connectivity index (χ1) is 13.2. The highest BCUT2D eigenvalue weighted by Gasteiger charge is 2.29. The van der Waals surface area contributed by atoms with Gasteiger partial charge in [-0.25, -0.2) is 0 Å². The predicted octanol–water partition coefficient (Wildman–Crippen LogP) is 4.52. The lowest BCUT2D eigenvalue weighted by molar-refractivity contribution is 0.0677. The van der Waals surface area contributed by atoms with E-state index >= 15 is 0 Å². The molecule has 0 fully saturated rings. The maximum Gasteiger partial charge on any atom is 0.255 e. The molecule has 1 aliphatic rings. The Kier molecular flexibility index (Phi) is 4.63. The summed E-state index contributed by atoms with van der Waals surface area (Å²) in [5, 5.41) is 0. The molecule has 1 aromatic heterocycles. The van der Waals surface area contributed by atoms with Crippen LogP contribution in [0.15, 0.2) is 67.0 Å². The second kappa shape index (κ2) is 7.23. The van der Waals surface area contributed by atoms with Crippen molar-refractivity contribution in [1.29, 1.82) is 0 Å². The second-order valence-electron chi connectivity index (χ2n) is 6.77. The van der Waals surface area contributed by atoms with Crippen molar-refractivity contribution in [2.75, 3.05) is 13.7 Å². The molecule has 0 bridgehead atoms. The van der Waals surface area contributed by atoms with Crippen molar-refractivity contribution in [3.8, 4) is 16.9 Å². The Morgan fingerprint density at radius 3 is 2.63 bits per heavy atom. The predicted molar refractivity (Wildman–Crippen MR) is 106 cm³/mol. The average Bonchev–Trinajstić information content (AvgIpc) is 2.74. The fraction of sp³-hybridized carbons (Fsp3) is 0.217. The summed E-state index contributed by atoms with van der Waals surface area (Å²) in [5.74, 6) is 0.890. The number of benzene rings is 2. The summed E-state index contributed by atoms with van der Waals surface area (Å²) >= 11 is 0. The van der Waals surface area contributed by atoms with Crippen LogP contribution in [0.4, 0.5) is 0 Å². The van der Waals surface area contributed by atoms with Crippen LogP contribution in [0.2, 0.25) is 0 Å². The van der Waals surface area contributed by atoms with Crippen molar-refractivity contribution >= 4 is 5.91 Å². The molecule has 1 amide bonds. The van der Waals surface area contributed by atoms with E-state index in [2.05, 4.69) is 42.2 Å². The van der Waals surface area contributed by atoms with E-state index < -0.39 is 0 Å². The number of hydrogen-bond donors (Lipinski definition) is 0. The number of fused-ring (bicyclic) bond motifs is 1. The third-order valence-electron chi connectivity index (χ3n) is 5.30. The molecule has 27 heavy (non-hydrogen) atoms. The molecule has 0 N–H and O–H groups in total. The van der Waals surface area contributed by atoms with Gasteiger partial charge >= 0.3 is 0 Å². The highest BCUT2D eigenvalue weighted by molar-refractivity contribution is 5.94. The summed E-state index contributed by atoms with van der Waals surface area (Å²) in [4.78, 5) is 18.9. The Morgan fingerprint density at radius 2 is 1.93 bits per heavy atom. The summed E-state index contributed by atoms with van der Waals surface area (Å²) in [6, 6.07) is 18.2. The first-order valence-electron chi connectivity index (χ1n) is 9.16. The van der Waals surface area contributed by atoms with E-state index in [1.807, 2.05) is 23.1 Å². The molecule has 4 heteroatoms. The van der Waals surface area contributed by atoms with E-state index in [1.54, 1.807) is 25.6 Å². The van der Waals surface area contributed by atoms with Crippen molar-refractivity contribution in [3.63, 3.8) is 0 Å². The Labute approximate surface area is 159 Å². The molecule has 1 atom stereocenters. The SMILES string of the molecule is COc1ccc(-c2cccc3c2CCN(C(=O)c2cccnc2)[C@@H]3C)cc1. The van der Waals surface area contributed by atoms with Crippen LogP contribution in [0.3, 0.4) is 0 Å². The summed E-state index contributed by atoms with van der Waals surface area (Å²) in [6.45, 7) is 2.80. The molecule has 0 saturated carbocycles. The van der Waals surface area contributed by atoms with E-state index in [9.17, 15) is 4.79 Å². The first-order valence-corrected chi connectivity index (χ1v) is 9.16. The number of ether oxygens (including phenoxy) is 1. The van der Waals surface area contributed by atoms with Gasteiger partial charge in [0.15, 0.2) is 0 Å². The van der Waals surface area contributed by atoms with Gasteiger partial charge in [-0.05, 0) is 59.9 Å². The Bertz CT molecular complexity index is 952. The van der Waals surface area contributed by atoms with Gasteiger partial charge < -0.3 is 9.64 Å².